The molecule has 2 saturated heterocycles. The fourth-order valence-corrected chi connectivity index (χ4v) is 10.4. The lowest BCUT2D eigenvalue weighted by Gasteiger charge is -2.35. The fraction of sp³-hybridized carbons (Fsp3) is 0.389. The molecule has 0 aliphatic carbocycles. The van der Waals surface area contributed by atoms with Crippen molar-refractivity contribution in [3.63, 3.8) is 0 Å². The molecule has 0 unspecified atom stereocenters. The molecule has 0 atom stereocenters. The topological polar surface area (TPSA) is 231 Å². The van der Waals surface area contributed by atoms with Crippen LogP contribution >= 0.6 is 0 Å². The second-order valence-corrected chi connectivity index (χ2v) is 25.7. The maximum Gasteiger partial charge on any atom is 0.238 e. The van der Waals surface area contributed by atoms with Crippen molar-refractivity contribution in [1.82, 2.24) is 29.7 Å². The highest BCUT2D eigenvalue weighted by atomic mass is 32.2. The van der Waals surface area contributed by atoms with Gasteiger partial charge >= 0.3 is 0 Å². The van der Waals surface area contributed by atoms with Gasteiger partial charge in [-0.15, -0.1) is 0 Å². The van der Waals surface area contributed by atoms with Crippen molar-refractivity contribution in [2.75, 3.05) is 107 Å². The van der Waals surface area contributed by atoms with Gasteiger partial charge in [0.25, 0.3) is 0 Å². The van der Waals surface area contributed by atoms with Crippen molar-refractivity contribution in [2.24, 2.45) is 0 Å². The minimum absolute atomic E-state index is 0.0439. The summed E-state index contributed by atoms with van der Waals surface area (Å²) in [6.07, 6.45) is 1.58. The monoisotopic (exact) mass is 1090 g/mol. The Kier molecular flexibility index (Phi) is 16.4. The molecule has 77 heavy (non-hydrogen) atoms. The van der Waals surface area contributed by atoms with Crippen molar-refractivity contribution in [3.05, 3.63) is 114 Å². The molecule has 0 spiro atoms. The van der Waals surface area contributed by atoms with Gasteiger partial charge in [0.2, 0.25) is 37.9 Å². The van der Waals surface area contributed by atoms with Crippen LogP contribution in [-0.2, 0) is 31.3 Å². The van der Waals surface area contributed by atoms with Gasteiger partial charge in [-0.3, -0.25) is 14.2 Å². The van der Waals surface area contributed by atoms with Crippen LogP contribution in [0.25, 0.3) is 0 Å². The number of sulfonamides is 2. The molecule has 4 heterocycles. The fourth-order valence-electron chi connectivity index (χ4n) is 8.62. The molecule has 2 fully saturated rings. The van der Waals surface area contributed by atoms with E-state index in [2.05, 4.69) is 50.5 Å². The Hall–Kier alpha value is -7.50. The summed E-state index contributed by atoms with van der Waals surface area (Å²) in [4.78, 5) is 39.0. The highest BCUT2D eigenvalue weighted by molar-refractivity contribution is 7.94. The quantitative estimate of drug-likeness (QED) is 0.0472. The van der Waals surface area contributed by atoms with E-state index < -0.39 is 35.4 Å². The van der Waals surface area contributed by atoms with E-state index in [0.29, 0.717) is 113 Å². The summed E-state index contributed by atoms with van der Waals surface area (Å²) in [7, 11) is -4.31. The van der Waals surface area contributed by atoms with E-state index in [1.54, 1.807) is 109 Å². The number of amides is 1. The van der Waals surface area contributed by atoms with E-state index in [9.17, 15) is 21.6 Å². The first kappa shape index (κ1) is 55.7. The Bertz CT molecular complexity index is 3340. The minimum Gasteiger partial charge on any atom is -0.494 e. The van der Waals surface area contributed by atoms with Crippen molar-refractivity contribution in [1.29, 1.82) is 0 Å². The molecule has 0 saturated carbocycles. The van der Waals surface area contributed by atoms with Gasteiger partial charge in [-0.2, -0.15) is 9.97 Å². The summed E-state index contributed by atoms with van der Waals surface area (Å²) >= 11 is 0. The number of methoxy groups -OCH3 is 1. The average Bonchev–Trinajstić information content (AvgIpc) is 3.37. The number of carbonyl (C=O) groups excluding carboxylic acids is 1. The molecule has 2 aliphatic rings. The number of nitrogens with one attached hydrogen (secondary N) is 6. The molecule has 2 aliphatic heterocycles. The number of nitrogens with zero attached hydrogens (tertiary/aromatic N) is 8. The predicted molar refractivity (Wildman–Crippen MR) is 306 cm³/mol. The highest BCUT2D eigenvalue weighted by Gasteiger charge is 2.37. The number of ether oxygens (including phenoxy) is 1. The Morgan fingerprint density at radius 2 is 1.23 bits per heavy atom. The number of rotatable bonds is 18. The number of benzene rings is 4. The van der Waals surface area contributed by atoms with E-state index in [-0.39, 0.29) is 24.2 Å². The minimum atomic E-state index is -4.15. The first-order valence-corrected chi connectivity index (χ1v) is 28.3. The van der Waals surface area contributed by atoms with Crippen LogP contribution in [-0.4, -0.2) is 128 Å². The Balaban J connectivity index is 1.01. The summed E-state index contributed by atoms with van der Waals surface area (Å²) in [6, 6.07) is 24.4. The zero-order chi connectivity index (χ0) is 55.5. The van der Waals surface area contributed by atoms with Gasteiger partial charge < -0.3 is 45.6 Å². The van der Waals surface area contributed by atoms with Crippen LogP contribution in [0.1, 0.15) is 58.4 Å². The number of carbonyl (C=O) groups is 1. The lowest BCUT2D eigenvalue weighted by molar-refractivity contribution is -0.129. The van der Waals surface area contributed by atoms with Crippen molar-refractivity contribution >= 4 is 95.0 Å². The van der Waals surface area contributed by atoms with E-state index in [1.807, 2.05) is 48.0 Å². The van der Waals surface area contributed by atoms with E-state index in [1.165, 1.54) is 13.2 Å². The Morgan fingerprint density at radius 3 is 1.83 bits per heavy atom. The Labute approximate surface area is 451 Å². The third-order valence-corrected chi connectivity index (χ3v) is 17.9. The number of piperazine rings is 2. The molecule has 4 aromatic carbocycles. The number of aromatic nitrogens is 4. The summed E-state index contributed by atoms with van der Waals surface area (Å²) in [5.74, 6) is 1.28. The first-order valence-electron chi connectivity index (χ1n) is 25.3. The van der Waals surface area contributed by atoms with Gasteiger partial charge in [0, 0.05) is 118 Å². The third-order valence-electron chi connectivity index (χ3n) is 13.7. The van der Waals surface area contributed by atoms with E-state index >= 15 is 4.39 Å². The van der Waals surface area contributed by atoms with Crippen LogP contribution < -0.4 is 45.2 Å². The number of halogens is 1. The van der Waals surface area contributed by atoms with Gasteiger partial charge in [0.05, 0.1) is 45.0 Å². The number of hydrogen-bond acceptors (Lipinski definition) is 17. The van der Waals surface area contributed by atoms with Gasteiger partial charge in [-0.1, -0.05) is 12.1 Å². The molecule has 8 rings (SSSR count). The summed E-state index contributed by atoms with van der Waals surface area (Å²) in [5, 5.41) is 13.0. The van der Waals surface area contributed by atoms with Gasteiger partial charge in [-0.05, 0) is 116 Å². The lowest BCUT2D eigenvalue weighted by atomic mass is 10.0. The zero-order valence-corrected chi connectivity index (χ0v) is 46.9. The van der Waals surface area contributed by atoms with Crippen LogP contribution in [0.15, 0.2) is 91.1 Å². The SMILES string of the molecule is COc1cc(N2CCN(C)CC2)c(F)cc1Nc1ncc(C)c(Nc2cccc(NS(=O)(=O)C(C)(C)Cc3nc(Nc4ccc(N5CCN(C(C)=O)CC5)cc4)nc(Nc4cccc(NS(=O)(=O)C(C)(C)C)c4)c3C)c2)n1. The number of anilines is 12. The maximum atomic E-state index is 15.6. The van der Waals surface area contributed by atoms with Crippen LogP contribution in [0, 0.1) is 19.7 Å². The molecule has 6 aromatic rings. The van der Waals surface area contributed by atoms with Crippen molar-refractivity contribution in [2.45, 2.75) is 71.3 Å². The highest BCUT2D eigenvalue weighted by Crippen LogP contribution is 2.36. The second-order valence-electron chi connectivity index (χ2n) is 20.9. The Morgan fingerprint density at radius 1 is 0.662 bits per heavy atom. The molecule has 23 heteroatoms. The molecule has 0 bridgehead atoms. The summed E-state index contributed by atoms with van der Waals surface area (Å²) in [5.41, 5.74) is 5.92. The average molecular weight is 1090 g/mol. The van der Waals surface area contributed by atoms with Crippen molar-refractivity contribution < 1.29 is 30.8 Å². The summed E-state index contributed by atoms with van der Waals surface area (Å²) in [6.45, 7) is 19.0. The van der Waals surface area contributed by atoms with Crippen LogP contribution in [0.4, 0.5) is 73.4 Å². The van der Waals surface area contributed by atoms with Gasteiger partial charge in [0.1, 0.15) is 23.2 Å². The number of likely N-dealkylation sites (N-methyl/N-ethyl adjacent to an activating group) is 1. The van der Waals surface area contributed by atoms with Gasteiger partial charge in [-0.25, -0.2) is 31.2 Å². The van der Waals surface area contributed by atoms with Crippen LogP contribution in [0.2, 0.25) is 0 Å². The normalized spacial score (nSPS) is 14.7. The number of hydrogen-bond donors (Lipinski definition) is 6. The first-order chi connectivity index (χ1) is 36.4. The molecule has 20 nitrogen and oxygen atoms in total. The molecular weight excluding hydrogens is 1020 g/mol. The van der Waals surface area contributed by atoms with E-state index in [4.69, 9.17) is 14.7 Å². The number of aryl methyl sites for hydroxylation is 1. The maximum absolute atomic E-state index is 15.6. The molecular formula is C54H69FN14O6S2. The molecule has 1 amide bonds. The van der Waals surface area contributed by atoms with E-state index in [0.717, 1.165) is 18.8 Å². The molecule has 410 valence electrons. The molecule has 6 N–H and O–H groups in total. The van der Waals surface area contributed by atoms with Gasteiger partial charge in [0.15, 0.2) is 0 Å². The standard InChI is InChI=1S/C54H69FN14O6S2/c1-35-34-56-51(60-45-31-44(55)47(32-48(45)75-10)69-23-21-66(9)22-24-69)62-49(35)57-39-13-11-16-42(29-39)65-77(73,74)54(7,8)33-46-36(2)50(58-40-14-12-15-41(30-40)64-76(71,72)53(4,5)6)63-52(61-46)59-38-17-19-43(20-18-38)68-27-25-67(26-28-68)37(3)70/h11-20,29-32,34,64-65H,21-28,33H2,1-10H3,(H2,56,57,60,62)(H2,58,59,61,63). The predicted octanol–water partition coefficient (Wildman–Crippen LogP) is 8.73. The third kappa shape index (κ3) is 13.4. The van der Waals surface area contributed by atoms with Crippen LogP contribution in [0.5, 0.6) is 5.75 Å². The largest absolute Gasteiger partial charge is 0.494 e. The lowest BCUT2D eigenvalue weighted by Crippen LogP contribution is -2.48. The second kappa shape index (κ2) is 22.6. The smallest absolute Gasteiger partial charge is 0.238 e. The molecule has 2 aromatic heterocycles. The summed E-state index contributed by atoms with van der Waals surface area (Å²) < 4.78 is 79.4. The van der Waals surface area contributed by atoms with Crippen molar-refractivity contribution in [3.8, 4) is 5.75 Å². The van der Waals surface area contributed by atoms with Crippen LogP contribution in [0.3, 0.4) is 0 Å². The molecule has 0 radical (unpaired) electrons. The zero-order valence-electron chi connectivity index (χ0n) is 45.2.